The summed E-state index contributed by atoms with van der Waals surface area (Å²) in [6.07, 6.45) is 4.28. The molecule has 3 aromatic rings. The lowest BCUT2D eigenvalue weighted by molar-refractivity contribution is -0.139. The largest absolute Gasteiger partial charge is 0.465 e. The number of halogens is 2. The fourth-order valence-corrected chi connectivity index (χ4v) is 10.2. The molecule has 13 nitrogen and oxygen atoms in total. The van der Waals surface area contributed by atoms with Gasteiger partial charge in [-0.2, -0.15) is 21.1 Å². The maximum atomic E-state index is 13.7. The molecule has 0 fully saturated rings. The van der Waals surface area contributed by atoms with Gasteiger partial charge in [-0.3, -0.25) is 4.79 Å². The SMILES string of the molecule is CC1=CC1.CCOC(=O)CSP(=S)(OCC)OCC.Cc1c(Br)c2ccc(F)cc2n1S(=O)(=O)c1ncn(S(=O)(=O)N(C)C)n1. The highest BCUT2D eigenvalue weighted by molar-refractivity contribution is 9.10. The lowest BCUT2D eigenvalue weighted by Crippen LogP contribution is -2.29. The van der Waals surface area contributed by atoms with E-state index >= 15 is 0 Å². The topological polar surface area (TPSA) is 152 Å². The van der Waals surface area contributed by atoms with Gasteiger partial charge in [-0.1, -0.05) is 23.0 Å². The van der Waals surface area contributed by atoms with Gasteiger partial charge in [0, 0.05) is 29.6 Å². The predicted molar refractivity (Wildman–Crippen MR) is 180 cm³/mol. The van der Waals surface area contributed by atoms with Crippen LogP contribution in [0.4, 0.5) is 4.39 Å². The van der Waals surface area contributed by atoms with Crippen LogP contribution >= 0.6 is 33.0 Å². The van der Waals surface area contributed by atoms with Crippen LogP contribution in [0.5, 0.6) is 0 Å². The second-order valence-corrected chi connectivity index (χ2v) is 19.9. The zero-order valence-electron chi connectivity index (χ0n) is 25.8. The zero-order chi connectivity index (χ0) is 34.2. The van der Waals surface area contributed by atoms with Crippen molar-refractivity contribution in [2.75, 3.05) is 39.7 Å². The van der Waals surface area contributed by atoms with Crippen LogP contribution in [0.3, 0.4) is 0 Å². The molecule has 2 aromatic heterocycles. The second-order valence-electron chi connectivity index (χ2n) is 9.14. The third kappa shape index (κ3) is 10.7. The van der Waals surface area contributed by atoms with Gasteiger partial charge in [-0.15, -0.1) is 9.19 Å². The maximum Gasteiger partial charge on any atom is 0.323 e. The summed E-state index contributed by atoms with van der Waals surface area (Å²) in [6, 6.07) is 3.72. The van der Waals surface area contributed by atoms with E-state index in [1.54, 1.807) is 12.5 Å². The van der Waals surface area contributed by atoms with Crippen molar-refractivity contribution in [3.8, 4) is 0 Å². The third-order valence-electron chi connectivity index (χ3n) is 5.49. The van der Waals surface area contributed by atoms with Gasteiger partial charge in [-0.05, 0) is 87.0 Å². The number of ether oxygens (including phenoxy) is 1. The summed E-state index contributed by atoms with van der Waals surface area (Å²) in [5.74, 6) is -0.714. The minimum absolute atomic E-state index is 0.0844. The van der Waals surface area contributed by atoms with Gasteiger partial charge in [0.05, 0.1) is 25.3 Å². The van der Waals surface area contributed by atoms with Crippen molar-refractivity contribution >= 4 is 81.9 Å². The molecule has 45 heavy (non-hydrogen) atoms. The monoisotopic (exact) mass is 791 g/mol. The summed E-state index contributed by atoms with van der Waals surface area (Å²) >= 11 is 9.74. The molecule has 4 rings (SSSR count). The Hall–Kier alpha value is -1.70. The smallest absolute Gasteiger partial charge is 0.323 e. The highest BCUT2D eigenvalue weighted by atomic mass is 79.9. The number of carbonyl (C=O) groups is 1. The Balaban J connectivity index is 0.000000312. The number of esters is 1. The molecule has 1 aliphatic rings. The molecule has 0 saturated carbocycles. The van der Waals surface area contributed by atoms with E-state index in [0.29, 0.717) is 33.8 Å². The second kappa shape index (κ2) is 16.9. The van der Waals surface area contributed by atoms with E-state index in [1.807, 2.05) is 13.8 Å². The number of benzene rings is 1. The summed E-state index contributed by atoms with van der Waals surface area (Å²) in [7, 11) is -5.84. The van der Waals surface area contributed by atoms with Crippen molar-refractivity contribution in [2.24, 2.45) is 0 Å². The molecule has 2 heterocycles. The molecule has 0 saturated heterocycles. The normalized spacial score (nSPS) is 13.1. The van der Waals surface area contributed by atoms with E-state index in [0.717, 1.165) is 20.7 Å². The van der Waals surface area contributed by atoms with E-state index in [-0.39, 0.29) is 22.9 Å². The zero-order valence-corrected chi connectivity index (χ0v) is 31.5. The fourth-order valence-electron chi connectivity index (χ4n) is 3.21. The van der Waals surface area contributed by atoms with Crippen LogP contribution in [-0.2, 0) is 50.6 Å². The molecular formula is C25H36BrFN5O8PS4. The van der Waals surface area contributed by atoms with Crippen molar-refractivity contribution in [2.45, 2.75) is 46.2 Å². The number of aromatic nitrogens is 4. The molecule has 0 aliphatic heterocycles. The highest BCUT2D eigenvalue weighted by Crippen LogP contribution is 2.60. The lowest BCUT2D eigenvalue weighted by Gasteiger charge is -2.19. The summed E-state index contributed by atoms with van der Waals surface area (Å²) in [4.78, 5) is 14.7. The third-order valence-corrected chi connectivity index (χ3v) is 15.0. The molecule has 0 spiro atoms. The van der Waals surface area contributed by atoms with Crippen LogP contribution in [0.15, 0.2) is 45.8 Å². The van der Waals surface area contributed by atoms with Crippen molar-refractivity contribution < 1.29 is 39.8 Å². The number of rotatable bonds is 12. The number of hydrogen-bond acceptors (Lipinski definition) is 12. The summed E-state index contributed by atoms with van der Waals surface area (Å²) < 4.78 is 81.9. The lowest BCUT2D eigenvalue weighted by atomic mass is 10.2. The molecular weight excluding hydrogens is 756 g/mol. The minimum atomic E-state index is -4.36. The van der Waals surface area contributed by atoms with Crippen LogP contribution in [0.2, 0.25) is 0 Å². The average molecular weight is 793 g/mol. The maximum absolute atomic E-state index is 13.7. The van der Waals surface area contributed by atoms with Crippen molar-refractivity contribution in [1.82, 2.24) is 22.4 Å². The Kier molecular flexibility index (Phi) is 14.8. The molecule has 1 aromatic carbocycles. The van der Waals surface area contributed by atoms with Crippen LogP contribution in [-0.4, -0.2) is 84.9 Å². The van der Waals surface area contributed by atoms with Gasteiger partial charge in [0.2, 0.25) is 5.69 Å². The van der Waals surface area contributed by atoms with Crippen LogP contribution in [0.1, 0.15) is 39.8 Å². The van der Waals surface area contributed by atoms with E-state index in [2.05, 4.69) is 39.0 Å². The number of carbonyl (C=O) groups excluding carboxylic acids is 1. The van der Waals surface area contributed by atoms with E-state index in [1.165, 1.54) is 51.0 Å². The first-order chi connectivity index (χ1) is 20.9. The van der Waals surface area contributed by atoms with Gasteiger partial charge < -0.3 is 13.8 Å². The molecule has 0 radical (unpaired) electrons. The van der Waals surface area contributed by atoms with Gasteiger partial charge >= 0.3 is 26.2 Å². The predicted octanol–water partition coefficient (Wildman–Crippen LogP) is 5.25. The Morgan fingerprint density at radius 2 is 1.71 bits per heavy atom. The Morgan fingerprint density at radius 1 is 1.13 bits per heavy atom. The highest BCUT2D eigenvalue weighted by Gasteiger charge is 2.30. The average Bonchev–Trinajstić information content (AvgIpc) is 3.47. The van der Waals surface area contributed by atoms with Crippen molar-refractivity contribution in [3.05, 3.63) is 52.2 Å². The molecule has 0 amide bonds. The standard InChI is InChI=1S/C13H13BrFN5O4S2.C8H17O4PS2.C4H6/c1-8-12(14)10-5-4-9(15)6-11(10)20(8)25(21,22)13-16-7-19(17-13)26(23,24)18(2)3;1-4-10-8(9)7-15-13(14,11-5-2)12-6-3;1-4-2-3-4/h4-7H,1-3H3;4-7H2,1-3H3;2H,3H2,1H3. The summed E-state index contributed by atoms with van der Waals surface area (Å²) in [5.41, 5.74) is -0.446. The number of hydrogen-bond donors (Lipinski definition) is 0. The summed E-state index contributed by atoms with van der Waals surface area (Å²) in [6.45, 7) is 10.5. The number of nitrogens with zero attached hydrogens (tertiary/aromatic N) is 5. The van der Waals surface area contributed by atoms with Crippen molar-refractivity contribution in [3.63, 3.8) is 0 Å². The van der Waals surface area contributed by atoms with E-state index in [9.17, 15) is 26.0 Å². The fraction of sp³-hybridized carbons (Fsp3) is 0.480. The van der Waals surface area contributed by atoms with E-state index in [4.69, 9.17) is 25.6 Å². The Bertz CT molecular complexity index is 1790. The van der Waals surface area contributed by atoms with Crippen molar-refractivity contribution in [1.29, 1.82) is 0 Å². The van der Waals surface area contributed by atoms with E-state index < -0.39 is 36.9 Å². The van der Waals surface area contributed by atoms with Gasteiger partial charge in [0.25, 0.3) is 5.16 Å². The van der Waals surface area contributed by atoms with Crippen LogP contribution in [0.25, 0.3) is 10.9 Å². The summed E-state index contributed by atoms with van der Waals surface area (Å²) in [5, 5.41) is 3.35. The molecule has 0 bridgehead atoms. The Morgan fingerprint density at radius 3 is 2.20 bits per heavy atom. The van der Waals surface area contributed by atoms with Gasteiger partial charge in [-0.25, -0.2) is 13.3 Å². The first-order valence-electron chi connectivity index (χ1n) is 13.4. The minimum Gasteiger partial charge on any atom is -0.465 e. The molecule has 1 aliphatic carbocycles. The Labute approximate surface area is 280 Å². The molecule has 0 atom stereocenters. The first-order valence-corrected chi connectivity index (χ1v) is 21.2. The molecule has 20 heteroatoms. The van der Waals surface area contributed by atoms with Gasteiger partial charge in [0.15, 0.2) is 0 Å². The van der Waals surface area contributed by atoms with Gasteiger partial charge in [0.1, 0.15) is 17.9 Å². The number of allylic oxidation sites excluding steroid dienone is 2. The molecule has 0 unspecified atom stereocenters. The quantitative estimate of drug-likeness (QED) is 0.134. The first kappa shape index (κ1) is 39.5. The number of fused-ring (bicyclic) bond motifs is 1. The molecule has 0 N–H and O–H groups in total. The van der Waals surface area contributed by atoms with Crippen LogP contribution < -0.4 is 0 Å². The molecule has 252 valence electrons. The van der Waals surface area contributed by atoms with Crippen LogP contribution in [0, 0.1) is 12.7 Å².